The maximum atomic E-state index is 14.2. The highest BCUT2D eigenvalue weighted by Gasteiger charge is 2.46. The van der Waals surface area contributed by atoms with Gasteiger partial charge in [0, 0.05) is 18.0 Å². The molecule has 0 bridgehead atoms. The summed E-state index contributed by atoms with van der Waals surface area (Å²) in [6.45, 7) is 10.1. The largest absolute Gasteiger partial charge is 0.363 e. The monoisotopic (exact) mass is 609 g/mol. The second-order valence-electron chi connectivity index (χ2n) is 14.6. The molecule has 44 heavy (non-hydrogen) atoms. The third kappa shape index (κ3) is 7.99. The van der Waals surface area contributed by atoms with Gasteiger partial charge in [0.05, 0.1) is 6.04 Å². The van der Waals surface area contributed by atoms with Crippen molar-refractivity contribution < 1.29 is 24.0 Å². The Morgan fingerprint density at radius 1 is 1.00 bits per heavy atom. The zero-order valence-corrected chi connectivity index (χ0v) is 27.0. The lowest BCUT2D eigenvalue weighted by Crippen LogP contribution is -2.63. The quantitative estimate of drug-likeness (QED) is 0.282. The van der Waals surface area contributed by atoms with Crippen LogP contribution in [-0.4, -0.2) is 64.6 Å². The van der Waals surface area contributed by atoms with Crippen LogP contribution in [0.5, 0.6) is 0 Å². The molecule has 0 spiro atoms. The number of primary amides is 1. The van der Waals surface area contributed by atoms with E-state index in [1.165, 1.54) is 4.90 Å². The molecular weight excluding hydrogens is 558 g/mol. The van der Waals surface area contributed by atoms with Crippen LogP contribution in [0.2, 0.25) is 0 Å². The normalized spacial score (nSPS) is 23.6. The average molecular weight is 610 g/mol. The second-order valence-corrected chi connectivity index (χ2v) is 14.6. The first-order chi connectivity index (χ1) is 20.7. The van der Waals surface area contributed by atoms with E-state index in [1.54, 1.807) is 0 Å². The fourth-order valence-electron chi connectivity index (χ4n) is 7.01. The standard InChI is InChI=1S/C34H51N5O5/c1-21-18-26(30(42)36-25(19-23-14-15-23)27(40)29(35)41)39(20-21)31(43)28(33(3,4)5)37-32(44)38-34(16-10-7-11-17-34)22(2)24-12-8-6-9-13-24/h6,8-9,12-13,21-23,25-26,28H,7,10-11,14-20H2,1-5H3,(H2,35,41)(H,36,42)(H2,37,38,44)/t21-,22?,25?,26+,28-/m1/s1. The van der Waals surface area contributed by atoms with E-state index in [-0.39, 0.29) is 23.7 Å². The summed E-state index contributed by atoms with van der Waals surface area (Å²) >= 11 is 0. The van der Waals surface area contributed by atoms with Crippen molar-refractivity contribution in [3.8, 4) is 0 Å². The molecule has 2 unspecified atom stereocenters. The van der Waals surface area contributed by atoms with Crippen LogP contribution in [0, 0.1) is 17.3 Å². The van der Waals surface area contributed by atoms with Crippen LogP contribution in [0.3, 0.4) is 0 Å². The molecule has 2 saturated carbocycles. The summed E-state index contributed by atoms with van der Waals surface area (Å²) in [5.41, 5.74) is 5.34. The van der Waals surface area contributed by atoms with Crippen molar-refractivity contribution in [3.05, 3.63) is 35.9 Å². The first kappa shape index (κ1) is 33.5. The first-order valence-electron chi connectivity index (χ1n) is 16.3. The van der Waals surface area contributed by atoms with Crippen LogP contribution in [-0.2, 0) is 19.2 Å². The number of carbonyl (C=O) groups is 5. The molecule has 1 heterocycles. The van der Waals surface area contributed by atoms with Crippen molar-refractivity contribution in [3.63, 3.8) is 0 Å². The van der Waals surface area contributed by atoms with E-state index in [1.807, 2.05) is 45.9 Å². The average Bonchev–Trinajstić information content (AvgIpc) is 3.71. The number of ketones is 1. The summed E-state index contributed by atoms with van der Waals surface area (Å²) in [6, 6.07) is 7.08. The Balaban J connectivity index is 1.51. The Labute approximate surface area is 261 Å². The molecule has 5 amide bonds. The van der Waals surface area contributed by atoms with Gasteiger partial charge in [-0.05, 0) is 48.5 Å². The lowest BCUT2D eigenvalue weighted by Gasteiger charge is -2.44. The lowest BCUT2D eigenvalue weighted by atomic mass is 9.71. The summed E-state index contributed by atoms with van der Waals surface area (Å²) in [5, 5.41) is 9.06. The number of amides is 5. The van der Waals surface area contributed by atoms with E-state index < -0.39 is 52.7 Å². The van der Waals surface area contributed by atoms with Gasteiger partial charge in [0.25, 0.3) is 5.91 Å². The Kier molecular flexibility index (Phi) is 10.4. The number of urea groups is 1. The van der Waals surface area contributed by atoms with Gasteiger partial charge in [0.15, 0.2) is 0 Å². The van der Waals surface area contributed by atoms with E-state index in [0.717, 1.165) is 50.5 Å². The summed E-state index contributed by atoms with van der Waals surface area (Å²) < 4.78 is 0. The Morgan fingerprint density at radius 3 is 2.20 bits per heavy atom. The molecule has 5 atom stereocenters. The zero-order chi connectivity index (χ0) is 32.2. The van der Waals surface area contributed by atoms with Gasteiger partial charge in [0.2, 0.25) is 17.6 Å². The van der Waals surface area contributed by atoms with E-state index >= 15 is 0 Å². The van der Waals surface area contributed by atoms with Crippen LogP contribution in [0.15, 0.2) is 30.3 Å². The summed E-state index contributed by atoms with van der Waals surface area (Å²) in [5.74, 6) is -2.32. The van der Waals surface area contributed by atoms with Gasteiger partial charge in [-0.1, -0.05) is 97.1 Å². The molecule has 242 valence electrons. The maximum Gasteiger partial charge on any atom is 0.315 e. The summed E-state index contributed by atoms with van der Waals surface area (Å²) in [7, 11) is 0. The fourth-order valence-corrected chi connectivity index (χ4v) is 7.01. The number of benzene rings is 1. The molecule has 10 heteroatoms. The molecule has 10 nitrogen and oxygen atoms in total. The highest BCUT2D eigenvalue weighted by Crippen LogP contribution is 2.40. The highest BCUT2D eigenvalue weighted by molar-refractivity contribution is 6.37. The van der Waals surface area contributed by atoms with Crippen LogP contribution >= 0.6 is 0 Å². The zero-order valence-electron chi connectivity index (χ0n) is 27.0. The number of hydrogen-bond donors (Lipinski definition) is 4. The van der Waals surface area contributed by atoms with Gasteiger partial charge in [-0.2, -0.15) is 0 Å². The predicted octanol–water partition coefficient (Wildman–Crippen LogP) is 3.78. The molecular formula is C34H51N5O5. The van der Waals surface area contributed by atoms with Gasteiger partial charge in [-0.3, -0.25) is 19.2 Å². The van der Waals surface area contributed by atoms with Crippen molar-refractivity contribution >= 4 is 29.5 Å². The molecule has 2 aliphatic carbocycles. The number of nitrogens with one attached hydrogen (secondary N) is 3. The molecule has 1 aromatic rings. The van der Waals surface area contributed by atoms with E-state index in [4.69, 9.17) is 5.73 Å². The van der Waals surface area contributed by atoms with Crippen molar-refractivity contribution in [2.75, 3.05) is 6.54 Å². The number of nitrogens with zero attached hydrogens (tertiary/aromatic N) is 1. The van der Waals surface area contributed by atoms with E-state index in [2.05, 4.69) is 35.0 Å². The molecule has 1 aliphatic heterocycles. The van der Waals surface area contributed by atoms with Crippen LogP contribution in [0.25, 0.3) is 0 Å². The molecule has 5 N–H and O–H groups in total. The fraction of sp³-hybridized carbons (Fsp3) is 0.676. The SMILES string of the molecule is CC(c1ccccc1)C1(NC(=O)N[C@H](C(=O)N2C[C@H](C)C[C@H]2C(=O)NC(CC2CC2)C(=O)C(N)=O)C(C)(C)C)CCCCC1. The number of carbonyl (C=O) groups excluding carboxylic acids is 5. The van der Waals surface area contributed by atoms with Crippen molar-refractivity contribution in [1.82, 2.24) is 20.9 Å². The Morgan fingerprint density at radius 2 is 1.64 bits per heavy atom. The van der Waals surface area contributed by atoms with Crippen LogP contribution < -0.4 is 21.7 Å². The van der Waals surface area contributed by atoms with Crippen LogP contribution in [0.1, 0.15) is 104 Å². The van der Waals surface area contributed by atoms with Gasteiger partial charge in [-0.25, -0.2) is 4.79 Å². The minimum Gasteiger partial charge on any atom is -0.363 e. The van der Waals surface area contributed by atoms with Crippen LogP contribution in [0.4, 0.5) is 4.79 Å². The number of rotatable bonds is 11. The molecule has 4 rings (SSSR count). The predicted molar refractivity (Wildman–Crippen MR) is 168 cm³/mol. The van der Waals surface area contributed by atoms with Crippen molar-refractivity contribution in [2.45, 2.75) is 122 Å². The number of likely N-dealkylation sites (tertiary alicyclic amines) is 1. The number of hydrogen-bond acceptors (Lipinski definition) is 5. The van der Waals surface area contributed by atoms with Crippen molar-refractivity contribution in [2.24, 2.45) is 23.0 Å². The van der Waals surface area contributed by atoms with E-state index in [9.17, 15) is 24.0 Å². The first-order valence-corrected chi connectivity index (χ1v) is 16.3. The topological polar surface area (TPSA) is 151 Å². The molecule has 0 radical (unpaired) electrons. The van der Waals surface area contributed by atoms with Gasteiger partial charge in [0.1, 0.15) is 12.1 Å². The van der Waals surface area contributed by atoms with E-state index in [0.29, 0.717) is 19.4 Å². The third-order valence-corrected chi connectivity index (χ3v) is 9.86. The molecule has 1 saturated heterocycles. The number of Topliss-reactive ketones (excluding diaryl/α,β-unsaturated/α-hetero) is 1. The lowest BCUT2D eigenvalue weighted by molar-refractivity contribution is -0.143. The second kappa shape index (κ2) is 13.7. The highest BCUT2D eigenvalue weighted by atomic mass is 16.2. The number of nitrogens with two attached hydrogens (primary N) is 1. The molecule has 3 fully saturated rings. The maximum absolute atomic E-state index is 14.2. The third-order valence-electron chi connectivity index (χ3n) is 9.86. The minimum absolute atomic E-state index is 0.0371. The summed E-state index contributed by atoms with van der Waals surface area (Å²) in [6.07, 6.45) is 7.51. The van der Waals surface area contributed by atoms with Gasteiger partial charge < -0.3 is 26.6 Å². The van der Waals surface area contributed by atoms with Gasteiger partial charge in [-0.15, -0.1) is 0 Å². The summed E-state index contributed by atoms with van der Waals surface area (Å²) in [4.78, 5) is 67.2. The molecule has 3 aliphatic rings. The smallest absolute Gasteiger partial charge is 0.315 e. The van der Waals surface area contributed by atoms with Gasteiger partial charge >= 0.3 is 6.03 Å². The van der Waals surface area contributed by atoms with Crippen molar-refractivity contribution in [1.29, 1.82) is 0 Å². The molecule has 1 aromatic carbocycles. The minimum atomic E-state index is -1.08. The molecule has 0 aromatic heterocycles. The Bertz CT molecular complexity index is 1220. The Hall–Kier alpha value is -3.43.